The molecule has 3 heterocycles. The van der Waals surface area contributed by atoms with Gasteiger partial charge >= 0.3 is 6.03 Å². The van der Waals surface area contributed by atoms with E-state index in [9.17, 15) is 9.59 Å². The molecule has 0 radical (unpaired) electrons. The molecule has 1 aromatic carbocycles. The number of urea groups is 1. The molecule has 2 N–H and O–H groups in total. The highest BCUT2D eigenvalue weighted by molar-refractivity contribution is 6.35. The average Bonchev–Trinajstić information content (AvgIpc) is 3.24. The monoisotopic (exact) mass is 461 g/mol. The van der Waals surface area contributed by atoms with Crippen molar-refractivity contribution in [1.82, 2.24) is 10.2 Å². The molecular formula is C24H32ClN3O4. The summed E-state index contributed by atoms with van der Waals surface area (Å²) in [6, 6.07) is 3.31. The fourth-order valence-corrected chi connectivity index (χ4v) is 5.50. The molecule has 174 valence electrons. The van der Waals surface area contributed by atoms with Crippen LogP contribution >= 0.6 is 11.6 Å². The largest absolute Gasteiger partial charge is 0.450 e. The quantitative estimate of drug-likeness (QED) is 0.604. The Bertz CT molecular complexity index is 1000. The van der Waals surface area contributed by atoms with Gasteiger partial charge in [0, 0.05) is 31.1 Å². The Hall–Kier alpha value is -2.25. The van der Waals surface area contributed by atoms with Crippen LogP contribution in [0.25, 0.3) is 11.0 Å². The van der Waals surface area contributed by atoms with Crippen LogP contribution in [0.1, 0.15) is 74.9 Å². The number of nitrogens with one attached hydrogen (secondary N) is 2. The lowest BCUT2D eigenvalue weighted by atomic mass is 9.74. The molecule has 2 aromatic rings. The molecule has 0 bridgehead atoms. The summed E-state index contributed by atoms with van der Waals surface area (Å²) in [7, 11) is 1.71. The number of likely N-dealkylation sites (tertiary alicyclic amines) is 1. The zero-order chi connectivity index (χ0) is 22.9. The van der Waals surface area contributed by atoms with Gasteiger partial charge < -0.3 is 24.7 Å². The predicted molar refractivity (Wildman–Crippen MR) is 125 cm³/mol. The lowest BCUT2D eigenvalue weighted by molar-refractivity contribution is 0.0335. The van der Waals surface area contributed by atoms with Crippen molar-refractivity contribution < 1.29 is 18.7 Å². The fraction of sp³-hybridized carbons (Fsp3) is 0.583. The third-order valence-electron chi connectivity index (χ3n) is 6.81. The summed E-state index contributed by atoms with van der Waals surface area (Å²) >= 11 is 6.57. The molecule has 7 nitrogen and oxygen atoms in total. The fourth-order valence-electron chi connectivity index (χ4n) is 5.24. The Labute approximate surface area is 193 Å². The first-order valence-corrected chi connectivity index (χ1v) is 12.1. The molecule has 2 aliphatic heterocycles. The second-order valence-corrected chi connectivity index (χ2v) is 8.99. The number of carbonyl (C=O) groups is 2. The lowest BCUT2D eigenvalue weighted by Gasteiger charge is -2.42. The van der Waals surface area contributed by atoms with Crippen LogP contribution in [0.5, 0.6) is 0 Å². The lowest BCUT2D eigenvalue weighted by Crippen LogP contribution is -2.52. The predicted octanol–water partition coefficient (Wildman–Crippen LogP) is 5.66. The van der Waals surface area contributed by atoms with E-state index in [1.807, 2.05) is 18.7 Å². The van der Waals surface area contributed by atoms with Crippen molar-refractivity contribution in [3.8, 4) is 0 Å². The minimum Gasteiger partial charge on any atom is -0.450 e. The highest BCUT2D eigenvalue weighted by atomic mass is 35.5. The molecule has 32 heavy (non-hydrogen) atoms. The van der Waals surface area contributed by atoms with Crippen LogP contribution in [-0.4, -0.2) is 43.1 Å². The van der Waals surface area contributed by atoms with Gasteiger partial charge in [-0.15, -0.1) is 0 Å². The molecule has 1 saturated heterocycles. The summed E-state index contributed by atoms with van der Waals surface area (Å²) < 4.78 is 11.6. The zero-order valence-electron chi connectivity index (χ0n) is 19.1. The third-order valence-corrected chi connectivity index (χ3v) is 7.11. The Morgan fingerprint density at radius 2 is 1.88 bits per heavy atom. The number of piperidine rings is 1. The molecule has 3 amide bonds. The Morgan fingerprint density at radius 1 is 1.19 bits per heavy atom. The van der Waals surface area contributed by atoms with Crippen LogP contribution in [0, 0.1) is 0 Å². The van der Waals surface area contributed by atoms with Crippen molar-refractivity contribution in [3.05, 3.63) is 28.5 Å². The van der Waals surface area contributed by atoms with E-state index in [-0.39, 0.29) is 18.0 Å². The van der Waals surface area contributed by atoms with E-state index < -0.39 is 5.54 Å². The van der Waals surface area contributed by atoms with Gasteiger partial charge in [0.2, 0.25) is 0 Å². The molecule has 8 heteroatoms. The minimum atomic E-state index is -0.506. The molecule has 1 aromatic heterocycles. The van der Waals surface area contributed by atoms with Gasteiger partial charge in [0.25, 0.3) is 5.91 Å². The highest BCUT2D eigenvalue weighted by Gasteiger charge is 2.44. The van der Waals surface area contributed by atoms with E-state index in [1.54, 1.807) is 19.2 Å². The summed E-state index contributed by atoms with van der Waals surface area (Å²) in [5.41, 5.74) is 1.61. The van der Waals surface area contributed by atoms with Crippen molar-refractivity contribution in [2.75, 3.05) is 25.5 Å². The maximum Gasteiger partial charge on any atom is 0.319 e. The van der Waals surface area contributed by atoms with Gasteiger partial charge in [-0.1, -0.05) is 44.7 Å². The number of hydrogen-bond acceptors (Lipinski definition) is 4. The Morgan fingerprint density at radius 3 is 2.53 bits per heavy atom. The van der Waals surface area contributed by atoms with E-state index in [0.29, 0.717) is 35.1 Å². The number of benzene rings is 1. The third kappa shape index (κ3) is 3.97. The number of anilines is 1. The van der Waals surface area contributed by atoms with Crippen molar-refractivity contribution >= 4 is 40.2 Å². The van der Waals surface area contributed by atoms with Crippen molar-refractivity contribution in [2.24, 2.45) is 0 Å². The van der Waals surface area contributed by atoms with Crippen molar-refractivity contribution in [2.45, 2.75) is 70.4 Å². The highest BCUT2D eigenvalue weighted by Crippen LogP contribution is 2.49. The number of halogens is 1. The van der Waals surface area contributed by atoms with Crippen LogP contribution in [0.4, 0.5) is 10.5 Å². The molecule has 3 aliphatic rings. The molecule has 1 spiro atoms. The number of ether oxygens (including phenoxy) is 1. The van der Waals surface area contributed by atoms with Gasteiger partial charge in [0.05, 0.1) is 22.4 Å². The summed E-state index contributed by atoms with van der Waals surface area (Å²) in [6.07, 6.45) is 6.70. The van der Waals surface area contributed by atoms with Gasteiger partial charge in [-0.05, 0) is 37.8 Å². The van der Waals surface area contributed by atoms with Crippen LogP contribution in [0.2, 0.25) is 5.02 Å². The maximum absolute atomic E-state index is 13.1. The smallest absolute Gasteiger partial charge is 0.319 e. The summed E-state index contributed by atoms with van der Waals surface area (Å²) in [4.78, 5) is 27.3. The van der Waals surface area contributed by atoms with Gasteiger partial charge in [-0.3, -0.25) is 4.79 Å². The van der Waals surface area contributed by atoms with Gasteiger partial charge in [-0.25, -0.2) is 4.79 Å². The summed E-state index contributed by atoms with van der Waals surface area (Å²) in [6.45, 7) is 5.30. The molecular weight excluding hydrogens is 430 g/mol. The van der Waals surface area contributed by atoms with Crippen molar-refractivity contribution in [3.63, 3.8) is 0 Å². The SMILES string of the molecule is CC.COC1CCN(C(=O)c2cc3cc(Cl)c4c(c3o2)C2(CCCCC2)NC(=O)N4)CC1. The molecule has 5 rings (SSSR count). The first-order valence-electron chi connectivity index (χ1n) is 11.7. The van der Waals surface area contributed by atoms with Crippen LogP contribution < -0.4 is 10.6 Å². The molecule has 1 saturated carbocycles. The van der Waals surface area contributed by atoms with Crippen LogP contribution in [0.3, 0.4) is 0 Å². The van der Waals surface area contributed by atoms with Gasteiger partial charge in [0.1, 0.15) is 5.58 Å². The minimum absolute atomic E-state index is 0.115. The molecule has 1 aliphatic carbocycles. The molecule has 2 fully saturated rings. The summed E-state index contributed by atoms with van der Waals surface area (Å²) in [5.74, 6) is 0.198. The van der Waals surface area contributed by atoms with E-state index >= 15 is 0 Å². The molecule has 0 unspecified atom stereocenters. The zero-order valence-corrected chi connectivity index (χ0v) is 19.8. The van der Waals surface area contributed by atoms with E-state index in [4.69, 9.17) is 20.8 Å². The van der Waals surface area contributed by atoms with E-state index in [1.165, 1.54) is 0 Å². The number of methoxy groups -OCH3 is 1. The maximum atomic E-state index is 13.1. The number of fused-ring (bicyclic) bond motifs is 4. The number of amides is 3. The number of furan rings is 1. The number of rotatable bonds is 2. The molecule has 0 atom stereocenters. The number of carbonyl (C=O) groups excluding carboxylic acids is 2. The van der Waals surface area contributed by atoms with E-state index in [2.05, 4.69) is 10.6 Å². The first-order chi connectivity index (χ1) is 15.5. The Balaban J connectivity index is 0.00000119. The van der Waals surface area contributed by atoms with Crippen molar-refractivity contribution in [1.29, 1.82) is 0 Å². The second kappa shape index (κ2) is 9.32. The second-order valence-electron chi connectivity index (χ2n) is 8.59. The average molecular weight is 462 g/mol. The first kappa shape index (κ1) is 22.9. The van der Waals surface area contributed by atoms with Gasteiger partial charge in [-0.2, -0.15) is 0 Å². The van der Waals surface area contributed by atoms with Crippen LogP contribution in [-0.2, 0) is 10.3 Å². The standard InChI is InChI=1S/C22H26ClN3O4.C2H6/c1-29-14-5-9-26(10-6-14)20(27)16-12-13-11-15(23)18-17(19(13)30-16)22(25-21(28)24-18)7-3-2-4-8-22;1-2/h11-12,14H,2-10H2,1H3,(H2,24,25,28);1-2H3. The number of nitrogens with zero attached hydrogens (tertiary/aromatic N) is 1. The van der Waals surface area contributed by atoms with Gasteiger partial charge in [0.15, 0.2) is 5.76 Å². The normalized spacial score (nSPS) is 20.2. The summed E-state index contributed by atoms with van der Waals surface area (Å²) in [5, 5.41) is 7.26. The topological polar surface area (TPSA) is 83.8 Å². The van der Waals surface area contributed by atoms with Crippen LogP contribution in [0.15, 0.2) is 16.5 Å². The van der Waals surface area contributed by atoms with E-state index in [0.717, 1.165) is 55.9 Å². The number of hydrogen-bond donors (Lipinski definition) is 2. The Kier molecular flexibility index (Phi) is 6.67.